The number of rotatable bonds is 7. The van der Waals surface area contributed by atoms with Crippen LogP contribution in [0.25, 0.3) is 11.2 Å². The van der Waals surface area contributed by atoms with Crippen molar-refractivity contribution >= 4 is 23.0 Å². The van der Waals surface area contributed by atoms with Gasteiger partial charge in [0.2, 0.25) is 11.9 Å². The number of aryl methyl sites for hydroxylation is 1. The molecule has 2 N–H and O–H groups in total. The Kier molecular flexibility index (Phi) is 6.33. The van der Waals surface area contributed by atoms with Crippen LogP contribution >= 0.6 is 0 Å². The van der Waals surface area contributed by atoms with Crippen molar-refractivity contribution < 1.29 is 4.79 Å². The molecular weight excluding hydrogens is 396 g/mol. The molecule has 9 nitrogen and oxygen atoms in total. The second-order valence-electron chi connectivity index (χ2n) is 8.90. The topological polar surface area (TPSA) is 103 Å². The highest BCUT2D eigenvalue weighted by Crippen LogP contribution is 2.18. The van der Waals surface area contributed by atoms with E-state index in [0.717, 1.165) is 10.1 Å². The predicted molar refractivity (Wildman–Crippen MR) is 121 cm³/mol. The number of aromatic nitrogens is 4. The van der Waals surface area contributed by atoms with Gasteiger partial charge in [-0.25, -0.2) is 4.79 Å². The van der Waals surface area contributed by atoms with Gasteiger partial charge in [-0.05, 0) is 11.0 Å². The van der Waals surface area contributed by atoms with Crippen molar-refractivity contribution in [3.63, 3.8) is 0 Å². The maximum atomic E-state index is 12.9. The number of hydrogen-bond donors (Lipinski definition) is 2. The van der Waals surface area contributed by atoms with Crippen LogP contribution in [0.4, 0.5) is 5.95 Å². The molecule has 0 aliphatic rings. The number of hydrogen-bond acceptors (Lipinski definition) is 5. The van der Waals surface area contributed by atoms with E-state index in [9.17, 15) is 14.4 Å². The van der Waals surface area contributed by atoms with Crippen molar-refractivity contribution in [2.75, 3.05) is 18.4 Å². The Morgan fingerprint density at radius 1 is 1.03 bits per heavy atom. The molecule has 1 amide bonds. The molecule has 3 aromatic rings. The Hall–Kier alpha value is -3.36. The average Bonchev–Trinajstić information content (AvgIpc) is 3.06. The van der Waals surface area contributed by atoms with Gasteiger partial charge in [0.15, 0.2) is 11.2 Å². The zero-order chi connectivity index (χ0) is 22.8. The van der Waals surface area contributed by atoms with E-state index in [0.29, 0.717) is 43.2 Å². The lowest BCUT2D eigenvalue weighted by molar-refractivity contribution is -0.122. The first-order valence-electron chi connectivity index (χ1n) is 10.3. The summed E-state index contributed by atoms with van der Waals surface area (Å²) in [6, 6.07) is 9.72. The molecule has 2 heterocycles. The van der Waals surface area contributed by atoms with Gasteiger partial charge in [0.1, 0.15) is 0 Å². The third kappa shape index (κ3) is 5.04. The van der Waals surface area contributed by atoms with Gasteiger partial charge < -0.3 is 10.6 Å². The van der Waals surface area contributed by atoms with E-state index in [1.54, 1.807) is 11.6 Å². The van der Waals surface area contributed by atoms with Crippen LogP contribution in [0.3, 0.4) is 0 Å². The van der Waals surface area contributed by atoms with Gasteiger partial charge in [0.25, 0.3) is 5.56 Å². The van der Waals surface area contributed by atoms with Crippen molar-refractivity contribution in [1.29, 1.82) is 0 Å². The van der Waals surface area contributed by atoms with Crippen LogP contribution in [-0.2, 0) is 25.4 Å². The van der Waals surface area contributed by atoms with E-state index in [-0.39, 0.29) is 11.3 Å². The highest BCUT2D eigenvalue weighted by atomic mass is 16.2. The number of nitrogens with one attached hydrogen (secondary N) is 2. The Morgan fingerprint density at radius 2 is 1.71 bits per heavy atom. The van der Waals surface area contributed by atoms with Crippen molar-refractivity contribution in [2.45, 2.75) is 33.7 Å². The summed E-state index contributed by atoms with van der Waals surface area (Å²) in [6.07, 6.45) is 0.442. The number of amides is 1. The summed E-state index contributed by atoms with van der Waals surface area (Å²) in [6.45, 7) is 7.32. The maximum absolute atomic E-state index is 12.9. The fraction of sp³-hybridized carbons (Fsp3) is 0.455. The average molecular weight is 427 g/mol. The summed E-state index contributed by atoms with van der Waals surface area (Å²) in [7, 11) is 3.06. The highest BCUT2D eigenvalue weighted by Gasteiger charge is 2.19. The highest BCUT2D eigenvalue weighted by molar-refractivity contribution is 5.76. The molecule has 31 heavy (non-hydrogen) atoms. The first-order chi connectivity index (χ1) is 14.6. The standard InChI is InChI=1S/C22H30N6O3/c1-22(2,3)13-16(29)23-11-12-24-20-25-18-17(19(30)27(5)21(31)26(18)4)28(20)14-15-9-7-6-8-10-15/h6-10H,11-14H2,1-5H3,(H,23,29)(H,24,25). The Balaban J connectivity index is 1.89. The first-order valence-corrected chi connectivity index (χ1v) is 10.3. The summed E-state index contributed by atoms with van der Waals surface area (Å²) in [5.41, 5.74) is 0.776. The Labute approximate surface area is 180 Å². The van der Waals surface area contributed by atoms with Crippen LogP contribution in [0.15, 0.2) is 39.9 Å². The summed E-state index contributed by atoms with van der Waals surface area (Å²) < 4.78 is 4.24. The van der Waals surface area contributed by atoms with Crippen molar-refractivity contribution in [3.8, 4) is 0 Å². The summed E-state index contributed by atoms with van der Waals surface area (Å²) in [4.78, 5) is 41.8. The molecule has 0 spiro atoms. The van der Waals surface area contributed by atoms with Gasteiger partial charge in [-0.3, -0.25) is 23.3 Å². The molecule has 0 aliphatic heterocycles. The minimum atomic E-state index is -0.428. The largest absolute Gasteiger partial charge is 0.354 e. The number of carbonyl (C=O) groups is 1. The van der Waals surface area contributed by atoms with Crippen LogP contribution in [0, 0.1) is 5.41 Å². The van der Waals surface area contributed by atoms with Crippen LogP contribution in [0.1, 0.15) is 32.8 Å². The lowest BCUT2D eigenvalue weighted by atomic mass is 9.92. The fourth-order valence-corrected chi connectivity index (χ4v) is 3.42. The summed E-state index contributed by atoms with van der Waals surface area (Å²) >= 11 is 0. The smallest absolute Gasteiger partial charge is 0.332 e. The lowest BCUT2D eigenvalue weighted by Crippen LogP contribution is -2.37. The SMILES string of the molecule is Cn1c(=O)c2c(nc(NCCNC(=O)CC(C)(C)C)n2Cc2ccccc2)n(C)c1=O. The van der Waals surface area contributed by atoms with Gasteiger partial charge in [-0.15, -0.1) is 0 Å². The molecule has 0 saturated carbocycles. The minimum Gasteiger partial charge on any atom is -0.354 e. The maximum Gasteiger partial charge on any atom is 0.332 e. The lowest BCUT2D eigenvalue weighted by Gasteiger charge is -2.17. The molecule has 1 aromatic carbocycles. The van der Waals surface area contributed by atoms with Crippen molar-refractivity contribution in [3.05, 3.63) is 56.7 Å². The predicted octanol–water partition coefficient (Wildman–Crippen LogP) is 1.45. The van der Waals surface area contributed by atoms with Crippen LogP contribution in [0.5, 0.6) is 0 Å². The molecule has 0 aliphatic carbocycles. The molecule has 0 bridgehead atoms. The van der Waals surface area contributed by atoms with E-state index in [2.05, 4.69) is 15.6 Å². The van der Waals surface area contributed by atoms with Gasteiger partial charge in [0, 0.05) is 33.6 Å². The van der Waals surface area contributed by atoms with Crippen molar-refractivity contribution in [1.82, 2.24) is 24.0 Å². The third-order valence-electron chi connectivity index (χ3n) is 4.95. The fourth-order valence-electron chi connectivity index (χ4n) is 3.42. The Morgan fingerprint density at radius 3 is 2.35 bits per heavy atom. The van der Waals surface area contributed by atoms with E-state index in [4.69, 9.17) is 0 Å². The molecular formula is C22H30N6O3. The van der Waals surface area contributed by atoms with E-state index >= 15 is 0 Å². The molecule has 3 rings (SSSR count). The minimum absolute atomic E-state index is 0.0108. The molecule has 166 valence electrons. The summed E-state index contributed by atoms with van der Waals surface area (Å²) in [5.74, 6) is 0.463. The quantitative estimate of drug-likeness (QED) is 0.557. The molecule has 9 heteroatoms. The summed E-state index contributed by atoms with van der Waals surface area (Å²) in [5, 5.41) is 6.10. The van der Waals surface area contributed by atoms with Crippen LogP contribution < -0.4 is 21.9 Å². The molecule has 0 saturated heterocycles. The number of benzene rings is 1. The van der Waals surface area contributed by atoms with Gasteiger partial charge in [-0.2, -0.15) is 4.98 Å². The van der Waals surface area contributed by atoms with E-state index < -0.39 is 11.2 Å². The number of carbonyl (C=O) groups excluding carboxylic acids is 1. The molecule has 0 atom stereocenters. The first kappa shape index (κ1) is 22.3. The second-order valence-corrected chi connectivity index (χ2v) is 8.90. The van der Waals surface area contributed by atoms with Crippen molar-refractivity contribution in [2.24, 2.45) is 19.5 Å². The van der Waals surface area contributed by atoms with E-state index in [1.165, 1.54) is 11.6 Å². The van der Waals surface area contributed by atoms with Gasteiger partial charge >= 0.3 is 5.69 Å². The van der Waals surface area contributed by atoms with Crippen LogP contribution in [-0.4, -0.2) is 37.7 Å². The molecule has 0 fully saturated rings. The number of imidazole rings is 1. The number of nitrogens with zero attached hydrogens (tertiary/aromatic N) is 4. The zero-order valence-corrected chi connectivity index (χ0v) is 18.7. The zero-order valence-electron chi connectivity index (χ0n) is 18.7. The molecule has 2 aromatic heterocycles. The normalized spacial score (nSPS) is 11.6. The number of anilines is 1. The van der Waals surface area contributed by atoms with E-state index in [1.807, 2.05) is 51.1 Å². The van der Waals surface area contributed by atoms with Gasteiger partial charge in [-0.1, -0.05) is 51.1 Å². The second kappa shape index (κ2) is 8.79. The molecule has 0 radical (unpaired) electrons. The number of fused-ring (bicyclic) bond motifs is 1. The Bertz CT molecular complexity index is 1200. The van der Waals surface area contributed by atoms with Crippen LogP contribution in [0.2, 0.25) is 0 Å². The third-order valence-corrected chi connectivity index (χ3v) is 4.95. The monoisotopic (exact) mass is 426 g/mol. The molecule has 0 unspecified atom stereocenters. The van der Waals surface area contributed by atoms with Gasteiger partial charge in [0.05, 0.1) is 6.54 Å².